The summed E-state index contributed by atoms with van der Waals surface area (Å²) in [6.07, 6.45) is 0.132. The van der Waals surface area contributed by atoms with E-state index in [1.165, 1.54) is 0 Å². The molecular weight excluding hydrogens is 311 g/mol. The summed E-state index contributed by atoms with van der Waals surface area (Å²) in [7, 11) is -1.22. The SMILES string of the molecule is COc1ccc(-c2ccc(O)c3c2OC[P@]3(=O)C(C)(C)C)cc1. The van der Waals surface area contributed by atoms with Gasteiger partial charge in [-0.25, -0.2) is 0 Å². The van der Waals surface area contributed by atoms with Gasteiger partial charge in [-0.1, -0.05) is 32.9 Å². The predicted molar refractivity (Wildman–Crippen MR) is 92.6 cm³/mol. The minimum Gasteiger partial charge on any atom is -0.507 e. The maximum atomic E-state index is 13.5. The van der Waals surface area contributed by atoms with E-state index in [9.17, 15) is 9.67 Å². The molecule has 0 radical (unpaired) electrons. The first-order valence-electron chi connectivity index (χ1n) is 7.51. The van der Waals surface area contributed by atoms with Crippen molar-refractivity contribution in [2.24, 2.45) is 0 Å². The summed E-state index contributed by atoms with van der Waals surface area (Å²) in [5, 5.41) is 10.3. The summed E-state index contributed by atoms with van der Waals surface area (Å²) in [5.41, 5.74) is 1.77. The molecule has 1 aliphatic heterocycles. The summed E-state index contributed by atoms with van der Waals surface area (Å²) in [5.74, 6) is 1.35. The zero-order valence-electron chi connectivity index (χ0n) is 13.8. The molecule has 0 aliphatic carbocycles. The molecule has 2 aromatic carbocycles. The molecule has 0 aromatic heterocycles. The fourth-order valence-corrected chi connectivity index (χ4v) is 5.26. The fraction of sp³-hybridized carbons (Fsp3) is 0.333. The summed E-state index contributed by atoms with van der Waals surface area (Å²) in [6.45, 7) is 5.77. The molecule has 0 spiro atoms. The number of methoxy groups -OCH3 is 1. The molecule has 2 aromatic rings. The molecule has 0 unspecified atom stereocenters. The van der Waals surface area contributed by atoms with Crippen molar-refractivity contribution < 1.29 is 19.1 Å². The van der Waals surface area contributed by atoms with Crippen molar-refractivity contribution in [3.63, 3.8) is 0 Å². The van der Waals surface area contributed by atoms with Crippen LogP contribution in [-0.2, 0) is 4.57 Å². The average molecular weight is 332 g/mol. The second-order valence-corrected chi connectivity index (χ2v) is 10.2. The molecule has 23 heavy (non-hydrogen) atoms. The van der Waals surface area contributed by atoms with Gasteiger partial charge in [0, 0.05) is 10.7 Å². The number of ether oxygens (including phenoxy) is 2. The third kappa shape index (κ3) is 2.42. The number of phenols is 1. The number of benzene rings is 2. The van der Waals surface area contributed by atoms with Crippen LogP contribution in [-0.4, -0.2) is 23.7 Å². The van der Waals surface area contributed by atoms with Gasteiger partial charge in [0.2, 0.25) is 0 Å². The molecule has 0 saturated heterocycles. The van der Waals surface area contributed by atoms with Crippen molar-refractivity contribution in [3.8, 4) is 28.4 Å². The molecule has 1 N–H and O–H groups in total. The lowest BCUT2D eigenvalue weighted by Gasteiger charge is -2.26. The van der Waals surface area contributed by atoms with Gasteiger partial charge in [-0.3, -0.25) is 0 Å². The van der Waals surface area contributed by atoms with Gasteiger partial charge in [-0.05, 0) is 29.8 Å². The second kappa shape index (κ2) is 5.31. The molecule has 1 heterocycles. The van der Waals surface area contributed by atoms with E-state index in [1.54, 1.807) is 19.2 Å². The van der Waals surface area contributed by atoms with Crippen LogP contribution < -0.4 is 14.8 Å². The summed E-state index contributed by atoms with van der Waals surface area (Å²) in [4.78, 5) is 0. The molecule has 1 atom stereocenters. The van der Waals surface area contributed by atoms with Gasteiger partial charge in [0.15, 0.2) is 7.14 Å². The maximum absolute atomic E-state index is 13.5. The van der Waals surface area contributed by atoms with E-state index in [-0.39, 0.29) is 12.1 Å². The monoisotopic (exact) mass is 332 g/mol. The van der Waals surface area contributed by atoms with Crippen molar-refractivity contribution in [2.75, 3.05) is 13.5 Å². The van der Waals surface area contributed by atoms with Gasteiger partial charge in [-0.15, -0.1) is 0 Å². The van der Waals surface area contributed by atoms with Crippen molar-refractivity contribution in [2.45, 2.75) is 25.9 Å². The van der Waals surface area contributed by atoms with Crippen molar-refractivity contribution in [1.82, 2.24) is 0 Å². The second-order valence-electron chi connectivity index (χ2n) is 6.72. The van der Waals surface area contributed by atoms with Gasteiger partial charge >= 0.3 is 0 Å². The number of hydrogen-bond acceptors (Lipinski definition) is 4. The molecule has 0 amide bonds. The number of phenolic OH excluding ortho intramolecular Hbond substituents is 1. The third-order valence-corrected chi connectivity index (χ3v) is 8.16. The van der Waals surface area contributed by atoms with Gasteiger partial charge in [0.25, 0.3) is 0 Å². The van der Waals surface area contributed by atoms with E-state index >= 15 is 0 Å². The topological polar surface area (TPSA) is 55.8 Å². The van der Waals surface area contributed by atoms with Crippen LogP contribution in [0.15, 0.2) is 36.4 Å². The van der Waals surface area contributed by atoms with Crippen molar-refractivity contribution >= 4 is 12.4 Å². The molecule has 5 heteroatoms. The molecule has 0 saturated carbocycles. The third-order valence-electron chi connectivity index (χ3n) is 4.35. The molecule has 1 aliphatic rings. The van der Waals surface area contributed by atoms with Crippen LogP contribution in [0.2, 0.25) is 0 Å². The van der Waals surface area contributed by atoms with Crippen LogP contribution in [0.1, 0.15) is 20.8 Å². The molecule has 122 valence electrons. The Labute approximate surface area is 136 Å². The minimum atomic E-state index is -2.84. The number of aromatic hydroxyl groups is 1. The van der Waals surface area contributed by atoms with E-state index in [1.807, 2.05) is 45.0 Å². The van der Waals surface area contributed by atoms with Crippen LogP contribution in [0.5, 0.6) is 17.2 Å². The Bertz CT molecular complexity index is 788. The van der Waals surface area contributed by atoms with E-state index in [2.05, 4.69) is 0 Å². The average Bonchev–Trinajstić information content (AvgIpc) is 2.88. The molecule has 0 bridgehead atoms. The summed E-state index contributed by atoms with van der Waals surface area (Å²) in [6, 6.07) is 11.0. The van der Waals surface area contributed by atoms with Crippen molar-refractivity contribution in [1.29, 1.82) is 0 Å². The van der Waals surface area contributed by atoms with E-state index in [4.69, 9.17) is 9.47 Å². The zero-order valence-corrected chi connectivity index (χ0v) is 14.7. The Morgan fingerprint density at radius 3 is 2.35 bits per heavy atom. The fourth-order valence-electron chi connectivity index (χ4n) is 2.80. The Morgan fingerprint density at radius 1 is 1.13 bits per heavy atom. The van der Waals surface area contributed by atoms with Gasteiger partial charge in [0.05, 0.1) is 12.4 Å². The molecule has 4 nitrogen and oxygen atoms in total. The Hall–Kier alpha value is -1.93. The number of hydrogen-bond donors (Lipinski definition) is 1. The maximum Gasteiger partial charge on any atom is 0.163 e. The Balaban J connectivity index is 2.18. The largest absolute Gasteiger partial charge is 0.507 e. The predicted octanol–water partition coefficient (Wildman–Crippen LogP) is 4.20. The minimum absolute atomic E-state index is 0.0491. The summed E-state index contributed by atoms with van der Waals surface area (Å²) >= 11 is 0. The highest BCUT2D eigenvalue weighted by Crippen LogP contribution is 2.64. The molecular formula is C18H21O4P. The highest BCUT2D eigenvalue weighted by atomic mass is 31.2. The van der Waals surface area contributed by atoms with Crippen LogP contribution in [0, 0.1) is 0 Å². The quantitative estimate of drug-likeness (QED) is 0.837. The molecule has 3 rings (SSSR count). The summed E-state index contributed by atoms with van der Waals surface area (Å²) < 4.78 is 24.4. The Kier molecular flexibility index (Phi) is 3.68. The highest BCUT2D eigenvalue weighted by Gasteiger charge is 2.47. The smallest absolute Gasteiger partial charge is 0.163 e. The van der Waals surface area contributed by atoms with Crippen LogP contribution in [0.4, 0.5) is 0 Å². The number of rotatable bonds is 2. The van der Waals surface area contributed by atoms with Gasteiger partial charge < -0.3 is 19.1 Å². The lowest BCUT2D eigenvalue weighted by Crippen LogP contribution is -2.22. The molecule has 0 fully saturated rings. The van der Waals surface area contributed by atoms with E-state index < -0.39 is 12.3 Å². The highest BCUT2D eigenvalue weighted by molar-refractivity contribution is 7.73. The van der Waals surface area contributed by atoms with Gasteiger partial charge in [0.1, 0.15) is 23.6 Å². The zero-order chi connectivity index (χ0) is 16.8. The van der Waals surface area contributed by atoms with Crippen LogP contribution in [0.25, 0.3) is 11.1 Å². The Morgan fingerprint density at radius 2 is 1.78 bits per heavy atom. The number of fused-ring (bicyclic) bond motifs is 1. The van der Waals surface area contributed by atoms with Crippen molar-refractivity contribution in [3.05, 3.63) is 36.4 Å². The first-order valence-corrected chi connectivity index (χ1v) is 9.40. The van der Waals surface area contributed by atoms with Crippen LogP contribution >= 0.6 is 7.14 Å². The van der Waals surface area contributed by atoms with Gasteiger partial charge in [-0.2, -0.15) is 0 Å². The van der Waals surface area contributed by atoms with E-state index in [0.717, 1.165) is 16.9 Å². The first-order chi connectivity index (χ1) is 10.8. The first kappa shape index (κ1) is 15.9. The normalized spacial score (nSPS) is 20.0. The standard InChI is InChI=1S/C18H21O4P/c1-18(2,3)23(20)11-22-16-14(9-10-15(19)17(16)23)12-5-7-13(21-4)8-6-12/h5-10,19H,11H2,1-4H3/t23-/m1/s1. The van der Waals surface area contributed by atoms with E-state index in [0.29, 0.717) is 11.1 Å². The lowest BCUT2D eigenvalue weighted by molar-refractivity contribution is 0.390. The van der Waals surface area contributed by atoms with Crippen LogP contribution in [0.3, 0.4) is 0 Å². The lowest BCUT2D eigenvalue weighted by atomic mass is 10.0.